The summed E-state index contributed by atoms with van der Waals surface area (Å²) in [5.41, 5.74) is 11.8. The van der Waals surface area contributed by atoms with Gasteiger partial charge in [0.05, 0.1) is 31.0 Å². The topological polar surface area (TPSA) is 496 Å². The van der Waals surface area contributed by atoms with E-state index in [9.17, 15) is 88.8 Å². The molecule has 1 aliphatic heterocycles. The Morgan fingerprint density at radius 1 is 0.616 bits per heavy atom. The van der Waals surface area contributed by atoms with E-state index < -0.39 is 151 Å². The highest BCUT2D eigenvalue weighted by Crippen LogP contribution is 2.26. The Labute approximate surface area is 498 Å². The number of aliphatic hydroxyl groups is 4. The molecule has 30 nitrogen and oxygen atoms in total. The Balaban J connectivity index is 1.63. The molecule has 1 aliphatic rings. The first-order chi connectivity index (χ1) is 40.8. The molecule has 11 atom stereocenters. The number of nitrogens with two attached hydrogens (primary N) is 2. The van der Waals surface area contributed by atoms with Gasteiger partial charge in [-0.05, 0) is 134 Å². The van der Waals surface area contributed by atoms with Crippen LogP contribution in [0.5, 0.6) is 17.2 Å². The van der Waals surface area contributed by atoms with Crippen LogP contribution in [0.25, 0.3) is 0 Å². The average molecular weight is 1220 g/mol. The summed E-state index contributed by atoms with van der Waals surface area (Å²) in [7, 11) is 1.61. The second-order valence-corrected chi connectivity index (χ2v) is 21.2. The van der Waals surface area contributed by atoms with Gasteiger partial charge in [-0.1, -0.05) is 18.2 Å². The molecule has 0 aliphatic carbocycles. The zero-order valence-corrected chi connectivity index (χ0v) is 48.8. The highest BCUT2D eigenvalue weighted by Gasteiger charge is 2.44. The van der Waals surface area contributed by atoms with Crippen molar-refractivity contribution in [1.82, 2.24) is 52.8 Å². The molecule has 1 saturated heterocycles. The van der Waals surface area contributed by atoms with Crippen LogP contribution in [0.1, 0.15) is 102 Å². The maximum atomic E-state index is 14.4. The number of hydrogen-bond acceptors (Lipinski definition) is 20. The largest absolute Gasteiger partial charge is 0.508 e. The minimum Gasteiger partial charge on any atom is -0.508 e. The maximum absolute atomic E-state index is 14.4. The monoisotopic (exact) mass is 1220 g/mol. The first kappa shape index (κ1) is 72.5. The Morgan fingerprint density at radius 2 is 1.20 bits per heavy atom. The second-order valence-electron chi connectivity index (χ2n) is 21.2. The molecular formula is C56H88N12O18. The number of likely N-dealkylation sites (tertiary alicyclic amines) is 1. The molecule has 1 heterocycles. The smallest absolute Gasteiger partial charge is 0.326 e. The van der Waals surface area contributed by atoms with E-state index in [1.807, 2.05) is 0 Å². The summed E-state index contributed by atoms with van der Waals surface area (Å²) < 4.78 is 0. The van der Waals surface area contributed by atoms with Gasteiger partial charge in [0.25, 0.3) is 0 Å². The van der Waals surface area contributed by atoms with E-state index in [0.29, 0.717) is 50.6 Å². The molecule has 0 aromatic heterocycles. The number of aromatic hydroxyl groups is 3. The predicted molar refractivity (Wildman–Crippen MR) is 309 cm³/mol. The third kappa shape index (κ3) is 24.7. The van der Waals surface area contributed by atoms with Crippen LogP contribution >= 0.6 is 0 Å². The summed E-state index contributed by atoms with van der Waals surface area (Å²) in [6.45, 7) is 2.08. The number of nitrogens with one attached hydrogen (secondary N) is 9. The van der Waals surface area contributed by atoms with Crippen LogP contribution in [0.4, 0.5) is 0 Å². The Morgan fingerprint density at radius 3 is 1.80 bits per heavy atom. The van der Waals surface area contributed by atoms with Crippen molar-refractivity contribution in [2.45, 2.75) is 170 Å². The number of carboxylic acids is 1. The lowest BCUT2D eigenvalue weighted by molar-refractivity contribution is -0.143. The number of carbonyl (C=O) groups excluding carboxylic acids is 9. The molecule has 0 radical (unpaired) electrons. The van der Waals surface area contributed by atoms with E-state index in [0.717, 1.165) is 17.0 Å². The van der Waals surface area contributed by atoms with Crippen LogP contribution in [0.2, 0.25) is 0 Å². The molecule has 11 unspecified atom stereocenters. The second kappa shape index (κ2) is 37.6. The Kier molecular flexibility index (Phi) is 31.7. The number of nitrogens with zero attached hydrogens (tertiary/aromatic N) is 1. The lowest BCUT2D eigenvalue weighted by Gasteiger charge is -2.30. The molecule has 0 spiro atoms. The molecule has 480 valence electrons. The molecule has 0 saturated carbocycles. The van der Waals surface area contributed by atoms with Gasteiger partial charge in [-0.2, -0.15) is 0 Å². The number of benzene rings is 2. The van der Waals surface area contributed by atoms with Crippen molar-refractivity contribution in [1.29, 1.82) is 0 Å². The normalized spacial score (nSPS) is 17.0. The van der Waals surface area contributed by atoms with Gasteiger partial charge in [0.15, 0.2) is 11.5 Å². The minimum atomic E-state index is -1.71. The summed E-state index contributed by atoms with van der Waals surface area (Å²) in [5, 5.41) is 105. The molecule has 86 heavy (non-hydrogen) atoms. The summed E-state index contributed by atoms with van der Waals surface area (Å²) in [6.07, 6.45) is -3.05. The molecular weight excluding hydrogens is 1130 g/mol. The number of likely N-dealkylation sites (N-methyl/N-ethyl adjacent to an activating group) is 1. The summed E-state index contributed by atoms with van der Waals surface area (Å²) >= 11 is 0. The number of aliphatic carboxylic acids is 1. The number of amides is 9. The van der Waals surface area contributed by atoms with Crippen molar-refractivity contribution in [3.8, 4) is 17.2 Å². The fourth-order valence-electron chi connectivity index (χ4n) is 9.07. The molecule has 9 amide bonds. The van der Waals surface area contributed by atoms with Gasteiger partial charge in [0.2, 0.25) is 53.2 Å². The van der Waals surface area contributed by atoms with Gasteiger partial charge >= 0.3 is 5.97 Å². The van der Waals surface area contributed by atoms with Crippen molar-refractivity contribution in [3.63, 3.8) is 0 Å². The maximum Gasteiger partial charge on any atom is 0.326 e. The van der Waals surface area contributed by atoms with Gasteiger partial charge in [-0.15, -0.1) is 0 Å². The molecule has 2 aromatic rings. The van der Waals surface area contributed by atoms with E-state index in [-0.39, 0.29) is 81.8 Å². The summed E-state index contributed by atoms with van der Waals surface area (Å²) in [6, 6.07) is -1.35. The number of hydrogen-bond donors (Lipinski definition) is 19. The lowest BCUT2D eigenvalue weighted by atomic mass is 10.0. The zero-order chi connectivity index (χ0) is 64.0. The number of phenolic OH excluding ortho intramolecular Hbond substituents is 3. The van der Waals surface area contributed by atoms with E-state index in [2.05, 4.69) is 47.9 Å². The van der Waals surface area contributed by atoms with E-state index in [1.54, 1.807) is 14.0 Å². The van der Waals surface area contributed by atoms with Crippen LogP contribution in [0.15, 0.2) is 42.5 Å². The zero-order valence-electron chi connectivity index (χ0n) is 48.8. The van der Waals surface area contributed by atoms with Gasteiger partial charge < -0.3 is 105 Å². The highest BCUT2D eigenvalue weighted by molar-refractivity contribution is 5.96. The molecule has 30 heteroatoms. The number of phenols is 3. The molecule has 0 bridgehead atoms. The quantitative estimate of drug-likeness (QED) is 0.0221. The lowest BCUT2D eigenvalue weighted by Crippen LogP contribution is -2.59. The van der Waals surface area contributed by atoms with Gasteiger partial charge in [-0.3, -0.25) is 43.2 Å². The van der Waals surface area contributed by atoms with Crippen molar-refractivity contribution in [3.05, 3.63) is 53.6 Å². The average Bonchev–Trinajstić information content (AvgIpc) is 3.79. The van der Waals surface area contributed by atoms with E-state index in [4.69, 9.17) is 11.5 Å². The number of aliphatic hydroxyl groups excluding tert-OH is 4. The first-order valence-corrected chi connectivity index (χ1v) is 28.7. The molecule has 2 aromatic carbocycles. The van der Waals surface area contributed by atoms with Crippen LogP contribution in [-0.2, 0) is 60.8 Å². The highest BCUT2D eigenvalue weighted by atomic mass is 16.4. The molecule has 1 fully saturated rings. The van der Waals surface area contributed by atoms with Crippen LogP contribution in [0, 0.1) is 0 Å². The standard InChI is InChI=1S/C56H88N12O18/c1-31(59-3)49(78)63-37(10-4-7-22-57)50(79)60-24-9-6-12-45(76)62-41(30-69)52(81)66-40(26-33-13-16-35(71)17-14-33)55(84)68-25-21-43(74)48(68)54(83)61-29-36(72)18-20-46(77)67-47(32(2)70)53(82)65-39(27-34-15-19-42(73)44(75)28-34)51(80)64-38(56(85)86)11-5-8-23-58/h13-17,19,28,31-32,36-41,43,47-48,59,69-75H,4-12,18,20-27,29-30,57-58H2,1-3H3,(H,60,79)(H,61,83)(H,62,76)(H,63,78)(H,64,80)(H,65,82)(H,66,81)(H,67,77)(H,85,86). The fourth-order valence-corrected chi connectivity index (χ4v) is 9.07. The van der Waals surface area contributed by atoms with Crippen molar-refractivity contribution < 1.29 is 88.8 Å². The SMILES string of the molecule is CNC(C)C(=O)NC(CCCCN)C(=O)NCCCCC(=O)NC(CO)C(=O)NC(Cc1ccc(O)cc1)C(=O)N1CCC(O)C1C(=O)NCC(O)CCC(=O)NC(C(=O)NC(Cc1ccc(O)c(O)c1)C(=O)NC(CCCCN)C(=O)O)C(C)O. The predicted octanol–water partition coefficient (Wildman–Crippen LogP) is -4.67. The van der Waals surface area contributed by atoms with Gasteiger partial charge in [-0.25, -0.2) is 4.79 Å². The fraction of sp³-hybridized carbons (Fsp3) is 0.607. The van der Waals surface area contributed by atoms with Crippen LogP contribution < -0.4 is 59.3 Å². The number of carbonyl (C=O) groups is 10. The first-order valence-electron chi connectivity index (χ1n) is 28.7. The van der Waals surface area contributed by atoms with Crippen molar-refractivity contribution >= 4 is 59.1 Å². The summed E-state index contributed by atoms with van der Waals surface area (Å²) in [4.78, 5) is 134. The van der Waals surface area contributed by atoms with Crippen LogP contribution in [0.3, 0.4) is 0 Å². The van der Waals surface area contributed by atoms with Crippen molar-refractivity contribution in [2.75, 3.05) is 46.4 Å². The van der Waals surface area contributed by atoms with Crippen LogP contribution in [-0.4, -0.2) is 218 Å². The molecule has 3 rings (SSSR count). The summed E-state index contributed by atoms with van der Waals surface area (Å²) in [5.74, 6) is -9.56. The number of unbranched alkanes of at least 4 members (excludes halogenated alkanes) is 3. The van der Waals surface area contributed by atoms with E-state index in [1.165, 1.54) is 37.3 Å². The van der Waals surface area contributed by atoms with Crippen molar-refractivity contribution in [2.24, 2.45) is 11.5 Å². The Hall–Kier alpha value is -7.74. The third-order valence-corrected chi connectivity index (χ3v) is 14.3. The number of carboxylic acid groups (broad SMARTS) is 1. The van der Waals surface area contributed by atoms with Gasteiger partial charge in [0, 0.05) is 45.3 Å². The Bertz CT molecular complexity index is 2560. The van der Waals surface area contributed by atoms with Gasteiger partial charge in [0.1, 0.15) is 48.0 Å². The minimum absolute atomic E-state index is 0.00125. The third-order valence-electron chi connectivity index (χ3n) is 14.3. The van der Waals surface area contributed by atoms with E-state index >= 15 is 0 Å². The molecule has 21 N–H and O–H groups in total. The number of rotatable bonds is 39.